The quantitative estimate of drug-likeness (QED) is 0.598. The van der Waals surface area contributed by atoms with Crippen LogP contribution in [0.25, 0.3) is 6.08 Å². The average Bonchev–Trinajstić information content (AvgIpc) is 2.59. The van der Waals surface area contributed by atoms with Crippen LogP contribution in [0.5, 0.6) is 0 Å². The highest BCUT2D eigenvalue weighted by atomic mass is 35.5. The fourth-order valence-corrected chi connectivity index (χ4v) is 2.39. The number of carbonyl (C=O) groups is 2. The summed E-state index contributed by atoms with van der Waals surface area (Å²) < 4.78 is 4.92. The molecule has 0 aliphatic carbocycles. The molecular formula is C19H17Cl2NO3. The van der Waals surface area contributed by atoms with Crippen LogP contribution in [0.15, 0.2) is 54.6 Å². The maximum atomic E-state index is 11.9. The predicted molar refractivity (Wildman–Crippen MR) is 99.5 cm³/mol. The molecule has 25 heavy (non-hydrogen) atoms. The molecule has 0 aromatic heterocycles. The van der Waals surface area contributed by atoms with Crippen LogP contribution in [0.2, 0.25) is 10.0 Å². The van der Waals surface area contributed by atoms with Gasteiger partial charge in [-0.05, 0) is 48.4 Å². The lowest BCUT2D eigenvalue weighted by Gasteiger charge is -2.14. The van der Waals surface area contributed by atoms with E-state index in [1.165, 1.54) is 6.08 Å². The molecule has 6 heteroatoms. The van der Waals surface area contributed by atoms with E-state index in [0.717, 1.165) is 11.1 Å². The number of hydrogen-bond donors (Lipinski definition) is 1. The number of halogens is 2. The molecule has 0 heterocycles. The highest BCUT2D eigenvalue weighted by Crippen LogP contribution is 2.17. The summed E-state index contributed by atoms with van der Waals surface area (Å²) in [4.78, 5) is 23.5. The molecule has 0 aliphatic rings. The van der Waals surface area contributed by atoms with Crippen molar-refractivity contribution in [1.82, 2.24) is 5.32 Å². The Kier molecular flexibility index (Phi) is 7.04. The molecule has 0 aliphatic heterocycles. The zero-order chi connectivity index (χ0) is 18.2. The number of benzene rings is 2. The van der Waals surface area contributed by atoms with Gasteiger partial charge in [0.05, 0.1) is 6.04 Å². The molecule has 1 atom stereocenters. The summed E-state index contributed by atoms with van der Waals surface area (Å²) in [5, 5.41) is 3.96. The molecule has 0 bridgehead atoms. The smallest absolute Gasteiger partial charge is 0.331 e. The summed E-state index contributed by atoms with van der Waals surface area (Å²) in [6.45, 7) is 1.47. The molecule has 130 valence electrons. The largest absolute Gasteiger partial charge is 0.452 e. The highest BCUT2D eigenvalue weighted by molar-refractivity contribution is 6.30. The summed E-state index contributed by atoms with van der Waals surface area (Å²) >= 11 is 11.7. The molecule has 0 spiro atoms. The summed E-state index contributed by atoms with van der Waals surface area (Å²) in [5.74, 6) is -0.985. The molecule has 0 radical (unpaired) electrons. The minimum atomic E-state index is -0.597. The minimum absolute atomic E-state index is 0.241. The number of hydrogen-bond acceptors (Lipinski definition) is 3. The van der Waals surface area contributed by atoms with Crippen LogP contribution >= 0.6 is 23.2 Å². The number of rotatable bonds is 6. The summed E-state index contributed by atoms with van der Waals surface area (Å²) in [6.07, 6.45) is 2.85. The van der Waals surface area contributed by atoms with Gasteiger partial charge in [0.1, 0.15) is 0 Å². The van der Waals surface area contributed by atoms with Crippen LogP contribution in [0.1, 0.15) is 24.1 Å². The first-order chi connectivity index (χ1) is 11.9. The first kappa shape index (κ1) is 19.0. The molecule has 0 fully saturated rings. The van der Waals surface area contributed by atoms with Crippen LogP contribution < -0.4 is 5.32 Å². The van der Waals surface area contributed by atoms with Crippen molar-refractivity contribution < 1.29 is 14.3 Å². The third-order valence-corrected chi connectivity index (χ3v) is 3.84. The maximum Gasteiger partial charge on any atom is 0.331 e. The number of nitrogens with one attached hydrogen (secondary N) is 1. The Morgan fingerprint density at radius 3 is 2.52 bits per heavy atom. The zero-order valence-corrected chi connectivity index (χ0v) is 15.1. The van der Waals surface area contributed by atoms with E-state index in [-0.39, 0.29) is 18.6 Å². The third kappa shape index (κ3) is 6.61. The highest BCUT2D eigenvalue weighted by Gasteiger charge is 2.11. The van der Waals surface area contributed by atoms with Gasteiger partial charge in [-0.15, -0.1) is 0 Å². The van der Waals surface area contributed by atoms with Crippen molar-refractivity contribution in [2.24, 2.45) is 0 Å². The molecule has 0 saturated carbocycles. The number of amides is 1. The monoisotopic (exact) mass is 377 g/mol. The second-order valence-corrected chi connectivity index (χ2v) is 6.21. The van der Waals surface area contributed by atoms with Crippen molar-refractivity contribution in [3.8, 4) is 0 Å². The van der Waals surface area contributed by atoms with E-state index in [4.69, 9.17) is 27.9 Å². The van der Waals surface area contributed by atoms with Crippen LogP contribution in [-0.4, -0.2) is 18.5 Å². The molecule has 2 rings (SSSR count). The summed E-state index contributed by atoms with van der Waals surface area (Å²) in [6, 6.07) is 13.9. The summed E-state index contributed by atoms with van der Waals surface area (Å²) in [5.41, 5.74) is 1.68. The second-order valence-electron chi connectivity index (χ2n) is 5.34. The van der Waals surface area contributed by atoms with Gasteiger partial charge >= 0.3 is 5.97 Å². The Hall–Kier alpha value is -2.30. The molecule has 0 saturated heterocycles. The van der Waals surface area contributed by atoms with Crippen LogP contribution in [0, 0.1) is 0 Å². The van der Waals surface area contributed by atoms with Gasteiger partial charge in [0.2, 0.25) is 0 Å². The SMILES string of the molecule is C[C@@H](NC(=O)COC(=O)/C=C/c1ccc(Cl)cc1)c1cccc(Cl)c1. The summed E-state index contributed by atoms with van der Waals surface area (Å²) in [7, 11) is 0. The van der Waals surface area contributed by atoms with Crippen molar-refractivity contribution in [3.05, 3.63) is 75.8 Å². The lowest BCUT2D eigenvalue weighted by molar-refractivity contribution is -0.144. The van der Waals surface area contributed by atoms with E-state index < -0.39 is 5.97 Å². The van der Waals surface area contributed by atoms with Crippen molar-refractivity contribution in [2.75, 3.05) is 6.61 Å². The first-order valence-electron chi connectivity index (χ1n) is 7.59. The molecule has 4 nitrogen and oxygen atoms in total. The minimum Gasteiger partial charge on any atom is -0.452 e. The molecule has 0 unspecified atom stereocenters. The van der Waals surface area contributed by atoms with Gasteiger partial charge in [-0.25, -0.2) is 4.79 Å². The van der Waals surface area contributed by atoms with E-state index in [1.807, 2.05) is 19.1 Å². The number of carbonyl (C=O) groups excluding carboxylic acids is 2. The Morgan fingerprint density at radius 2 is 1.84 bits per heavy atom. The van der Waals surface area contributed by atoms with Crippen molar-refractivity contribution in [3.63, 3.8) is 0 Å². The van der Waals surface area contributed by atoms with Gasteiger partial charge in [-0.1, -0.05) is 47.5 Å². The van der Waals surface area contributed by atoms with E-state index in [0.29, 0.717) is 10.0 Å². The maximum absolute atomic E-state index is 11.9. The fourth-order valence-electron chi connectivity index (χ4n) is 2.07. The Bertz CT molecular complexity index is 772. The van der Waals surface area contributed by atoms with E-state index in [9.17, 15) is 9.59 Å². The van der Waals surface area contributed by atoms with Crippen LogP contribution in [0.3, 0.4) is 0 Å². The first-order valence-corrected chi connectivity index (χ1v) is 8.35. The van der Waals surface area contributed by atoms with Gasteiger partial charge in [0.15, 0.2) is 6.61 Å². The van der Waals surface area contributed by atoms with Gasteiger partial charge < -0.3 is 10.1 Å². The fraction of sp³-hybridized carbons (Fsp3) is 0.158. The molecule has 1 amide bonds. The zero-order valence-electron chi connectivity index (χ0n) is 13.5. The topological polar surface area (TPSA) is 55.4 Å². The Morgan fingerprint density at radius 1 is 1.12 bits per heavy atom. The molecule has 2 aromatic rings. The van der Waals surface area contributed by atoms with E-state index in [1.54, 1.807) is 42.5 Å². The van der Waals surface area contributed by atoms with Crippen molar-refractivity contribution in [2.45, 2.75) is 13.0 Å². The standard InChI is InChI=1S/C19H17Cl2NO3/c1-13(15-3-2-4-17(21)11-15)22-18(23)12-25-19(24)10-7-14-5-8-16(20)9-6-14/h2-11,13H,12H2,1H3,(H,22,23)/b10-7+/t13-/m1/s1. The average molecular weight is 378 g/mol. The lowest BCUT2D eigenvalue weighted by Crippen LogP contribution is -2.30. The van der Waals surface area contributed by atoms with Crippen LogP contribution in [-0.2, 0) is 14.3 Å². The van der Waals surface area contributed by atoms with E-state index >= 15 is 0 Å². The Labute approximate surface area is 156 Å². The van der Waals surface area contributed by atoms with Crippen molar-refractivity contribution >= 4 is 41.2 Å². The Balaban J connectivity index is 1.79. The second kappa shape index (κ2) is 9.25. The lowest BCUT2D eigenvalue weighted by atomic mass is 10.1. The number of ether oxygens (including phenoxy) is 1. The molecule has 1 N–H and O–H groups in total. The van der Waals surface area contributed by atoms with Crippen LogP contribution in [0.4, 0.5) is 0 Å². The molecule has 2 aromatic carbocycles. The van der Waals surface area contributed by atoms with Gasteiger partial charge in [0, 0.05) is 16.1 Å². The number of esters is 1. The van der Waals surface area contributed by atoms with Gasteiger partial charge in [0.25, 0.3) is 5.91 Å². The van der Waals surface area contributed by atoms with Crippen molar-refractivity contribution in [1.29, 1.82) is 0 Å². The predicted octanol–water partition coefficient (Wildman–Crippen LogP) is 4.43. The van der Waals surface area contributed by atoms with Gasteiger partial charge in [-0.2, -0.15) is 0 Å². The molecular weight excluding hydrogens is 361 g/mol. The van der Waals surface area contributed by atoms with Gasteiger partial charge in [-0.3, -0.25) is 4.79 Å². The van der Waals surface area contributed by atoms with E-state index in [2.05, 4.69) is 5.32 Å². The normalized spacial score (nSPS) is 12.0. The third-order valence-electron chi connectivity index (χ3n) is 3.35.